The predicted molar refractivity (Wildman–Crippen MR) is 71.0 cm³/mol. The van der Waals surface area contributed by atoms with E-state index in [0.29, 0.717) is 5.69 Å². The highest BCUT2D eigenvalue weighted by molar-refractivity contribution is 5.61. The summed E-state index contributed by atoms with van der Waals surface area (Å²) in [5, 5.41) is 10.7. The molecule has 1 N–H and O–H groups in total. The lowest BCUT2D eigenvalue weighted by Crippen LogP contribution is -2.12. The normalized spacial score (nSPS) is 10.9. The highest BCUT2D eigenvalue weighted by Crippen LogP contribution is 2.29. The number of nitrogens with zero attached hydrogens (tertiary/aromatic N) is 2. The van der Waals surface area contributed by atoms with E-state index >= 15 is 0 Å². The van der Waals surface area contributed by atoms with Crippen molar-refractivity contribution >= 4 is 5.69 Å². The van der Waals surface area contributed by atoms with Gasteiger partial charge in [0.2, 0.25) is 5.82 Å². The quantitative estimate of drug-likeness (QED) is 0.696. The summed E-state index contributed by atoms with van der Waals surface area (Å²) in [6.45, 7) is 3.51. The van der Waals surface area contributed by atoms with Crippen molar-refractivity contribution in [2.45, 2.75) is 19.8 Å². The number of nitro benzene ring substituents is 1. The molecule has 1 heterocycles. The zero-order chi connectivity index (χ0) is 15.7. The molecular weight excluding hydrogens is 284 g/mol. The Morgan fingerprint density at radius 3 is 2.57 bits per heavy atom. The van der Waals surface area contributed by atoms with Crippen LogP contribution in [0.2, 0.25) is 0 Å². The van der Waals surface area contributed by atoms with Crippen LogP contribution >= 0.6 is 0 Å². The van der Waals surface area contributed by atoms with Crippen LogP contribution in [0.15, 0.2) is 23.0 Å². The maximum absolute atomic E-state index is 14.1. The molecule has 0 saturated carbocycles. The zero-order valence-electron chi connectivity index (χ0n) is 11.2. The smallest absolute Gasteiger partial charge is 0.305 e. The van der Waals surface area contributed by atoms with Gasteiger partial charge in [-0.3, -0.25) is 14.9 Å². The first-order valence-corrected chi connectivity index (χ1v) is 6.05. The third-order valence-electron chi connectivity index (χ3n) is 2.86. The summed E-state index contributed by atoms with van der Waals surface area (Å²) >= 11 is 0. The lowest BCUT2D eigenvalue weighted by Gasteiger charge is -2.08. The summed E-state index contributed by atoms with van der Waals surface area (Å²) in [6, 6.07) is 2.69. The van der Waals surface area contributed by atoms with E-state index in [1.807, 2.05) is 0 Å². The van der Waals surface area contributed by atoms with Gasteiger partial charge >= 0.3 is 5.69 Å². The van der Waals surface area contributed by atoms with E-state index in [9.17, 15) is 23.7 Å². The Balaban J connectivity index is 2.75. The topological polar surface area (TPSA) is 88.9 Å². The summed E-state index contributed by atoms with van der Waals surface area (Å²) < 4.78 is 27.9. The molecule has 0 aliphatic carbocycles. The molecule has 0 aliphatic rings. The number of halogens is 2. The fourth-order valence-electron chi connectivity index (χ4n) is 1.79. The van der Waals surface area contributed by atoms with Crippen molar-refractivity contribution in [1.29, 1.82) is 0 Å². The maximum Gasteiger partial charge on any atom is 0.305 e. The molecule has 8 heteroatoms. The molecule has 0 bridgehead atoms. The standard InChI is InChI=1S/C13H11F2N3O3/c1-6(2)8-5-10(19)17-13(16-8)11-7(14)3-4-9(12(11)15)18(20)21/h3-6H,1-2H3,(H,16,17,19). The molecule has 0 radical (unpaired) electrons. The van der Waals surface area contributed by atoms with Crippen molar-refractivity contribution in [3.63, 3.8) is 0 Å². The number of nitro groups is 1. The molecule has 6 nitrogen and oxygen atoms in total. The van der Waals surface area contributed by atoms with E-state index in [1.165, 1.54) is 6.07 Å². The summed E-state index contributed by atoms with van der Waals surface area (Å²) in [6.07, 6.45) is 0. The predicted octanol–water partition coefficient (Wildman–Crippen LogP) is 2.75. The Kier molecular flexibility index (Phi) is 3.79. The highest BCUT2D eigenvalue weighted by atomic mass is 19.1. The van der Waals surface area contributed by atoms with Crippen LogP contribution in [-0.2, 0) is 0 Å². The number of nitrogens with one attached hydrogen (secondary N) is 1. The molecule has 0 fully saturated rings. The molecule has 110 valence electrons. The van der Waals surface area contributed by atoms with Gasteiger partial charge in [0.05, 0.1) is 16.2 Å². The van der Waals surface area contributed by atoms with Gasteiger partial charge in [0.15, 0.2) is 0 Å². The van der Waals surface area contributed by atoms with Gasteiger partial charge in [-0.05, 0) is 12.0 Å². The van der Waals surface area contributed by atoms with Crippen molar-refractivity contribution in [1.82, 2.24) is 9.97 Å². The second-order valence-electron chi connectivity index (χ2n) is 4.69. The second kappa shape index (κ2) is 5.39. The fraction of sp³-hybridized carbons (Fsp3) is 0.231. The summed E-state index contributed by atoms with van der Waals surface area (Å²) in [5.74, 6) is -2.92. The fourth-order valence-corrected chi connectivity index (χ4v) is 1.79. The van der Waals surface area contributed by atoms with E-state index in [4.69, 9.17) is 0 Å². The minimum Gasteiger partial charge on any atom is -0.306 e. The van der Waals surface area contributed by atoms with Crippen molar-refractivity contribution < 1.29 is 13.7 Å². The molecule has 0 spiro atoms. The van der Waals surface area contributed by atoms with Crippen LogP contribution in [0.25, 0.3) is 11.4 Å². The van der Waals surface area contributed by atoms with Gasteiger partial charge in [0.1, 0.15) is 11.6 Å². The average molecular weight is 295 g/mol. The molecule has 21 heavy (non-hydrogen) atoms. The van der Waals surface area contributed by atoms with Crippen molar-refractivity contribution in [3.05, 3.63) is 56.0 Å². The molecule has 2 rings (SSSR count). The van der Waals surface area contributed by atoms with Crippen LogP contribution in [0, 0.1) is 21.7 Å². The molecule has 0 unspecified atom stereocenters. The summed E-state index contributed by atoms with van der Waals surface area (Å²) in [5.41, 5.74) is -1.86. The first-order valence-electron chi connectivity index (χ1n) is 6.05. The van der Waals surface area contributed by atoms with Crippen molar-refractivity contribution in [2.75, 3.05) is 0 Å². The number of H-pyrrole nitrogens is 1. The lowest BCUT2D eigenvalue weighted by atomic mass is 10.1. The third kappa shape index (κ3) is 2.78. The van der Waals surface area contributed by atoms with Crippen LogP contribution < -0.4 is 5.56 Å². The van der Waals surface area contributed by atoms with Gasteiger partial charge in [-0.15, -0.1) is 0 Å². The Morgan fingerprint density at radius 1 is 1.33 bits per heavy atom. The number of rotatable bonds is 3. The molecule has 2 aromatic rings. The monoisotopic (exact) mass is 295 g/mol. The molecule has 0 aliphatic heterocycles. The van der Waals surface area contributed by atoms with Crippen LogP contribution in [0.1, 0.15) is 25.5 Å². The molecular formula is C13H11F2N3O3. The lowest BCUT2D eigenvalue weighted by molar-refractivity contribution is -0.387. The van der Waals surface area contributed by atoms with Gasteiger partial charge in [0.25, 0.3) is 5.56 Å². The van der Waals surface area contributed by atoms with Crippen LogP contribution in [-0.4, -0.2) is 14.9 Å². The Bertz CT molecular complexity index is 772. The van der Waals surface area contributed by atoms with Crippen LogP contribution in [0.4, 0.5) is 14.5 Å². The van der Waals surface area contributed by atoms with E-state index in [2.05, 4.69) is 9.97 Å². The van der Waals surface area contributed by atoms with Crippen LogP contribution in [0.3, 0.4) is 0 Å². The Hall–Kier alpha value is -2.64. The van der Waals surface area contributed by atoms with Gasteiger partial charge in [-0.25, -0.2) is 9.37 Å². The minimum atomic E-state index is -1.37. The number of aromatic amines is 1. The number of hydrogen-bond acceptors (Lipinski definition) is 4. The largest absolute Gasteiger partial charge is 0.306 e. The first-order chi connectivity index (χ1) is 9.81. The maximum atomic E-state index is 14.1. The molecule has 0 atom stereocenters. The first kappa shape index (κ1) is 14.8. The van der Waals surface area contributed by atoms with Gasteiger partial charge in [-0.1, -0.05) is 13.8 Å². The van der Waals surface area contributed by atoms with Gasteiger partial charge < -0.3 is 4.98 Å². The third-order valence-corrected chi connectivity index (χ3v) is 2.86. The number of benzene rings is 1. The van der Waals surface area contributed by atoms with E-state index in [-0.39, 0.29) is 11.7 Å². The summed E-state index contributed by atoms with van der Waals surface area (Å²) in [7, 11) is 0. The van der Waals surface area contributed by atoms with Crippen molar-refractivity contribution in [2.24, 2.45) is 0 Å². The minimum absolute atomic E-state index is 0.143. The molecule has 1 aromatic heterocycles. The van der Waals surface area contributed by atoms with E-state index in [0.717, 1.165) is 12.1 Å². The van der Waals surface area contributed by atoms with Gasteiger partial charge in [0, 0.05) is 12.1 Å². The SMILES string of the molecule is CC(C)c1cc(=O)[nH]c(-c2c(F)ccc([N+](=O)[O-])c2F)n1. The molecule has 0 amide bonds. The van der Waals surface area contributed by atoms with Gasteiger partial charge in [-0.2, -0.15) is 4.39 Å². The molecule has 1 aromatic carbocycles. The Morgan fingerprint density at radius 2 is 2.00 bits per heavy atom. The molecule has 0 saturated heterocycles. The highest BCUT2D eigenvalue weighted by Gasteiger charge is 2.24. The van der Waals surface area contributed by atoms with Crippen LogP contribution in [0.5, 0.6) is 0 Å². The zero-order valence-corrected chi connectivity index (χ0v) is 11.2. The second-order valence-corrected chi connectivity index (χ2v) is 4.69. The van der Waals surface area contributed by atoms with Crippen molar-refractivity contribution in [3.8, 4) is 11.4 Å². The number of aromatic nitrogens is 2. The van der Waals surface area contributed by atoms with E-state index in [1.54, 1.807) is 13.8 Å². The summed E-state index contributed by atoms with van der Waals surface area (Å²) in [4.78, 5) is 27.5. The Labute approximate surface area is 117 Å². The number of hydrogen-bond donors (Lipinski definition) is 1. The average Bonchev–Trinajstić information content (AvgIpc) is 2.37. The van der Waals surface area contributed by atoms with E-state index < -0.39 is 33.4 Å².